The Morgan fingerprint density at radius 1 is 1.40 bits per heavy atom. The number of morpholine rings is 1. The molecular formula is C17H19ClFN3O3. The first-order valence-corrected chi connectivity index (χ1v) is 8.44. The molecule has 1 amide bonds. The van der Waals surface area contributed by atoms with E-state index in [0.29, 0.717) is 25.5 Å². The number of halogens is 2. The van der Waals surface area contributed by atoms with Gasteiger partial charge >= 0.3 is 0 Å². The zero-order valence-electron chi connectivity index (χ0n) is 13.8. The van der Waals surface area contributed by atoms with Crippen LogP contribution in [-0.2, 0) is 4.74 Å². The first-order valence-electron chi connectivity index (χ1n) is 8.07. The molecule has 1 aliphatic rings. The van der Waals surface area contributed by atoms with Gasteiger partial charge in [0.1, 0.15) is 22.8 Å². The number of carbonyl (C=O) groups excluding carboxylic acids is 1. The predicted octanol–water partition coefficient (Wildman–Crippen LogP) is 2.50. The number of hydrogen-bond acceptors (Lipinski definition) is 5. The highest BCUT2D eigenvalue weighted by Gasteiger charge is 2.25. The van der Waals surface area contributed by atoms with Crippen LogP contribution in [0.3, 0.4) is 0 Å². The Balaban J connectivity index is 1.73. The highest BCUT2D eigenvalue weighted by atomic mass is 35.5. The summed E-state index contributed by atoms with van der Waals surface area (Å²) in [6.45, 7) is 5.89. The van der Waals surface area contributed by atoms with Gasteiger partial charge in [0, 0.05) is 26.2 Å². The van der Waals surface area contributed by atoms with Crippen LogP contribution in [0.1, 0.15) is 16.1 Å². The number of rotatable bonds is 5. The monoisotopic (exact) mass is 367 g/mol. The van der Waals surface area contributed by atoms with E-state index in [9.17, 15) is 9.18 Å². The molecule has 1 aromatic heterocycles. The number of benzene rings is 1. The van der Waals surface area contributed by atoms with Crippen LogP contribution in [0.15, 0.2) is 22.7 Å². The average molecular weight is 368 g/mol. The van der Waals surface area contributed by atoms with E-state index in [-0.39, 0.29) is 27.8 Å². The standard InChI is InChI=1S/C17H19ClFN3O3/c1-11-14(17(23)20-5-6-22-7-9-24-10-8-22)16(21-25-11)15-12(18)3-2-4-13(15)19/h2-4H,5-10H2,1H3,(H,20,23). The van der Waals surface area contributed by atoms with Crippen molar-refractivity contribution in [3.8, 4) is 11.3 Å². The summed E-state index contributed by atoms with van der Waals surface area (Å²) in [5.41, 5.74) is 0.387. The van der Waals surface area contributed by atoms with Crippen LogP contribution < -0.4 is 5.32 Å². The van der Waals surface area contributed by atoms with Crippen molar-refractivity contribution in [1.29, 1.82) is 0 Å². The summed E-state index contributed by atoms with van der Waals surface area (Å²) in [4.78, 5) is 14.8. The van der Waals surface area contributed by atoms with Gasteiger partial charge in [-0.05, 0) is 19.1 Å². The lowest BCUT2D eigenvalue weighted by Crippen LogP contribution is -2.41. The summed E-state index contributed by atoms with van der Waals surface area (Å²) in [6, 6.07) is 4.31. The summed E-state index contributed by atoms with van der Waals surface area (Å²) in [5.74, 6) is -0.595. The Labute approximate surface area is 149 Å². The van der Waals surface area contributed by atoms with Gasteiger partial charge in [-0.25, -0.2) is 4.39 Å². The molecule has 8 heteroatoms. The smallest absolute Gasteiger partial charge is 0.257 e. The summed E-state index contributed by atoms with van der Waals surface area (Å²) in [5, 5.41) is 6.85. The number of ether oxygens (including phenoxy) is 1. The summed E-state index contributed by atoms with van der Waals surface area (Å²) in [7, 11) is 0. The van der Waals surface area contributed by atoms with E-state index < -0.39 is 5.82 Å². The minimum atomic E-state index is -0.553. The summed E-state index contributed by atoms with van der Waals surface area (Å²) < 4.78 is 24.6. The molecule has 6 nitrogen and oxygen atoms in total. The molecule has 0 unspecified atom stereocenters. The van der Waals surface area contributed by atoms with Crippen molar-refractivity contribution in [2.24, 2.45) is 0 Å². The maximum atomic E-state index is 14.2. The van der Waals surface area contributed by atoms with E-state index in [1.54, 1.807) is 13.0 Å². The van der Waals surface area contributed by atoms with Crippen LogP contribution in [0.4, 0.5) is 4.39 Å². The average Bonchev–Trinajstić information content (AvgIpc) is 2.97. The topological polar surface area (TPSA) is 67.6 Å². The van der Waals surface area contributed by atoms with E-state index in [4.69, 9.17) is 20.9 Å². The first kappa shape index (κ1) is 17.8. The maximum absolute atomic E-state index is 14.2. The Morgan fingerprint density at radius 2 is 2.16 bits per heavy atom. The normalized spacial score (nSPS) is 15.3. The lowest BCUT2D eigenvalue weighted by atomic mass is 10.0. The third-order valence-corrected chi connectivity index (χ3v) is 4.42. The molecule has 2 heterocycles. The van der Waals surface area contributed by atoms with E-state index in [2.05, 4.69) is 15.4 Å². The highest BCUT2D eigenvalue weighted by Crippen LogP contribution is 2.33. The third kappa shape index (κ3) is 4.00. The number of nitrogens with one attached hydrogen (secondary N) is 1. The number of amides is 1. The Kier molecular flexibility index (Phi) is 5.67. The van der Waals surface area contributed by atoms with E-state index in [0.717, 1.165) is 19.6 Å². The van der Waals surface area contributed by atoms with Crippen LogP contribution in [0, 0.1) is 12.7 Å². The fourth-order valence-electron chi connectivity index (χ4n) is 2.77. The molecule has 0 radical (unpaired) electrons. The van der Waals surface area contributed by atoms with Crippen molar-refractivity contribution in [1.82, 2.24) is 15.4 Å². The second kappa shape index (κ2) is 7.95. The van der Waals surface area contributed by atoms with Gasteiger partial charge in [0.15, 0.2) is 0 Å². The molecule has 1 aromatic carbocycles. The van der Waals surface area contributed by atoms with Crippen molar-refractivity contribution in [3.63, 3.8) is 0 Å². The molecule has 0 bridgehead atoms. The van der Waals surface area contributed by atoms with Crippen molar-refractivity contribution in [2.45, 2.75) is 6.92 Å². The lowest BCUT2D eigenvalue weighted by molar-refractivity contribution is 0.0383. The molecule has 0 aliphatic carbocycles. The Morgan fingerprint density at radius 3 is 2.88 bits per heavy atom. The number of nitrogens with zero attached hydrogens (tertiary/aromatic N) is 2. The molecule has 0 saturated carbocycles. The quantitative estimate of drug-likeness (QED) is 0.879. The van der Waals surface area contributed by atoms with Gasteiger partial charge in [0.05, 0.1) is 23.8 Å². The minimum Gasteiger partial charge on any atom is -0.379 e. The van der Waals surface area contributed by atoms with Crippen LogP contribution in [0.2, 0.25) is 5.02 Å². The van der Waals surface area contributed by atoms with Gasteiger partial charge in [-0.3, -0.25) is 9.69 Å². The molecule has 134 valence electrons. The zero-order chi connectivity index (χ0) is 17.8. The fraction of sp³-hybridized carbons (Fsp3) is 0.412. The SMILES string of the molecule is Cc1onc(-c2c(F)cccc2Cl)c1C(=O)NCCN1CCOCC1. The number of hydrogen-bond donors (Lipinski definition) is 1. The van der Waals surface area contributed by atoms with Crippen molar-refractivity contribution in [2.75, 3.05) is 39.4 Å². The molecule has 0 atom stereocenters. The summed E-state index contributed by atoms with van der Waals surface area (Å²) >= 11 is 6.08. The largest absolute Gasteiger partial charge is 0.379 e. The second-order valence-corrected chi connectivity index (χ2v) is 6.18. The Hall–Kier alpha value is -1.96. The van der Waals surface area contributed by atoms with Gasteiger partial charge in [-0.2, -0.15) is 0 Å². The highest BCUT2D eigenvalue weighted by molar-refractivity contribution is 6.33. The van der Waals surface area contributed by atoms with E-state index >= 15 is 0 Å². The van der Waals surface area contributed by atoms with Gasteiger partial charge in [0.2, 0.25) is 0 Å². The van der Waals surface area contributed by atoms with Crippen LogP contribution >= 0.6 is 11.6 Å². The Bertz CT molecular complexity index is 739. The number of aromatic nitrogens is 1. The van der Waals surface area contributed by atoms with Crippen molar-refractivity contribution < 1.29 is 18.4 Å². The van der Waals surface area contributed by atoms with Gasteiger partial charge in [0.25, 0.3) is 5.91 Å². The van der Waals surface area contributed by atoms with E-state index in [1.807, 2.05) is 0 Å². The predicted molar refractivity (Wildman–Crippen MR) is 91.2 cm³/mol. The molecule has 1 N–H and O–H groups in total. The van der Waals surface area contributed by atoms with Crippen LogP contribution in [0.5, 0.6) is 0 Å². The fourth-order valence-corrected chi connectivity index (χ4v) is 3.03. The van der Waals surface area contributed by atoms with Crippen molar-refractivity contribution in [3.05, 3.63) is 40.4 Å². The molecular weight excluding hydrogens is 349 g/mol. The third-order valence-electron chi connectivity index (χ3n) is 4.11. The maximum Gasteiger partial charge on any atom is 0.257 e. The minimum absolute atomic E-state index is 0.0688. The summed E-state index contributed by atoms with van der Waals surface area (Å²) in [6.07, 6.45) is 0. The molecule has 2 aromatic rings. The second-order valence-electron chi connectivity index (χ2n) is 5.77. The lowest BCUT2D eigenvalue weighted by Gasteiger charge is -2.26. The van der Waals surface area contributed by atoms with Crippen LogP contribution in [-0.4, -0.2) is 55.4 Å². The zero-order valence-corrected chi connectivity index (χ0v) is 14.6. The molecule has 3 rings (SSSR count). The van der Waals surface area contributed by atoms with Crippen LogP contribution in [0.25, 0.3) is 11.3 Å². The molecule has 25 heavy (non-hydrogen) atoms. The van der Waals surface area contributed by atoms with E-state index in [1.165, 1.54) is 12.1 Å². The molecule has 0 spiro atoms. The van der Waals surface area contributed by atoms with Gasteiger partial charge < -0.3 is 14.6 Å². The number of carbonyl (C=O) groups is 1. The van der Waals surface area contributed by atoms with Gasteiger partial charge in [-0.1, -0.05) is 22.8 Å². The molecule has 1 saturated heterocycles. The number of aryl methyl sites for hydroxylation is 1. The van der Waals surface area contributed by atoms with Crippen molar-refractivity contribution >= 4 is 17.5 Å². The first-order chi connectivity index (χ1) is 12.1. The molecule has 1 aliphatic heterocycles. The van der Waals surface area contributed by atoms with Gasteiger partial charge in [-0.15, -0.1) is 0 Å². The molecule has 1 fully saturated rings.